The smallest absolute Gasteiger partial charge is 0.274 e. The van der Waals surface area contributed by atoms with E-state index in [1.807, 2.05) is 12.1 Å². The van der Waals surface area contributed by atoms with Crippen LogP contribution in [0.4, 0.5) is 17.1 Å². The first-order valence-corrected chi connectivity index (χ1v) is 6.84. The third-order valence-electron chi connectivity index (χ3n) is 2.87. The van der Waals surface area contributed by atoms with Gasteiger partial charge in [-0.2, -0.15) is 0 Å². The second-order valence-corrected chi connectivity index (χ2v) is 5.08. The molecule has 21 heavy (non-hydrogen) atoms. The van der Waals surface area contributed by atoms with Gasteiger partial charge in [0.2, 0.25) is 0 Å². The van der Waals surface area contributed by atoms with Crippen LogP contribution in [0, 0.1) is 17.0 Å². The normalized spacial score (nSPS) is 10.0. The maximum Gasteiger partial charge on any atom is 0.274 e. The summed E-state index contributed by atoms with van der Waals surface area (Å²) in [5, 5.41) is 17.6. The fraction of sp³-hybridized carbons (Fsp3) is 0.0714. The van der Waals surface area contributed by atoms with Gasteiger partial charge < -0.3 is 10.6 Å². The minimum absolute atomic E-state index is 0.0422. The van der Waals surface area contributed by atoms with Gasteiger partial charge in [0.25, 0.3) is 5.69 Å². The zero-order chi connectivity index (χ0) is 15.4. The fourth-order valence-corrected chi connectivity index (χ4v) is 2.20. The largest absolute Gasteiger partial charge is 0.332 e. The monoisotopic (exact) mass is 321 g/mol. The Labute approximate surface area is 132 Å². The van der Waals surface area contributed by atoms with Gasteiger partial charge in [0.15, 0.2) is 5.11 Å². The molecular weight excluding hydrogens is 310 g/mol. The molecule has 0 fully saturated rings. The minimum Gasteiger partial charge on any atom is -0.332 e. The van der Waals surface area contributed by atoms with Crippen molar-refractivity contribution in [2.45, 2.75) is 6.92 Å². The molecule has 2 N–H and O–H groups in total. The van der Waals surface area contributed by atoms with Gasteiger partial charge in [0.05, 0.1) is 26.9 Å². The van der Waals surface area contributed by atoms with Crippen LogP contribution in [0.2, 0.25) is 5.02 Å². The van der Waals surface area contributed by atoms with Crippen LogP contribution in [-0.2, 0) is 0 Å². The Balaban J connectivity index is 2.15. The Morgan fingerprint density at radius 3 is 2.43 bits per heavy atom. The average molecular weight is 322 g/mol. The van der Waals surface area contributed by atoms with Gasteiger partial charge in [-0.1, -0.05) is 29.8 Å². The Kier molecular flexibility index (Phi) is 4.72. The van der Waals surface area contributed by atoms with Crippen molar-refractivity contribution in [1.29, 1.82) is 0 Å². The molecule has 0 atom stereocenters. The van der Waals surface area contributed by atoms with Gasteiger partial charge in [-0.25, -0.2) is 0 Å². The summed E-state index contributed by atoms with van der Waals surface area (Å²) < 4.78 is 0. The van der Waals surface area contributed by atoms with E-state index in [1.54, 1.807) is 31.2 Å². The highest BCUT2D eigenvalue weighted by molar-refractivity contribution is 7.80. The molecule has 0 saturated carbocycles. The lowest BCUT2D eigenvalue weighted by molar-refractivity contribution is -0.385. The van der Waals surface area contributed by atoms with Crippen LogP contribution in [0.1, 0.15) is 5.56 Å². The van der Waals surface area contributed by atoms with Gasteiger partial charge >= 0.3 is 0 Å². The standard InChI is InChI=1S/C14H12ClN3O2S/c1-9-11(7-4-8-13(9)18(19)20)16-14(21)17-12-6-3-2-5-10(12)15/h2-8H,1H3,(H2,16,17,21). The lowest BCUT2D eigenvalue weighted by Crippen LogP contribution is -2.20. The van der Waals surface area contributed by atoms with Crippen LogP contribution in [0.15, 0.2) is 42.5 Å². The minimum atomic E-state index is -0.426. The highest BCUT2D eigenvalue weighted by Crippen LogP contribution is 2.26. The number of nitrogens with one attached hydrogen (secondary N) is 2. The topological polar surface area (TPSA) is 67.2 Å². The summed E-state index contributed by atoms with van der Waals surface area (Å²) in [5.41, 5.74) is 1.81. The van der Waals surface area contributed by atoms with Crippen molar-refractivity contribution in [1.82, 2.24) is 0 Å². The molecule has 0 heterocycles. The molecule has 0 spiro atoms. The number of anilines is 2. The maximum absolute atomic E-state index is 10.9. The second kappa shape index (κ2) is 6.51. The molecule has 2 rings (SSSR count). The molecule has 2 aromatic rings. The van der Waals surface area contributed by atoms with E-state index in [0.717, 1.165) is 0 Å². The SMILES string of the molecule is Cc1c(NC(=S)Nc2ccccc2Cl)cccc1[N+](=O)[O-]. The van der Waals surface area contributed by atoms with Gasteiger partial charge in [-0.05, 0) is 37.3 Å². The number of para-hydroxylation sites is 1. The number of halogens is 1. The third kappa shape index (κ3) is 3.68. The Bertz CT molecular complexity index is 706. The number of thiocarbonyl (C=S) groups is 1. The third-order valence-corrected chi connectivity index (χ3v) is 3.41. The Hall–Kier alpha value is -2.18. The van der Waals surface area contributed by atoms with E-state index >= 15 is 0 Å². The highest BCUT2D eigenvalue weighted by Gasteiger charge is 2.14. The predicted octanol–water partition coefficient (Wildman–Crippen LogP) is 4.37. The summed E-state index contributed by atoms with van der Waals surface area (Å²) in [4.78, 5) is 10.5. The van der Waals surface area contributed by atoms with E-state index in [4.69, 9.17) is 23.8 Å². The first-order valence-electron chi connectivity index (χ1n) is 6.05. The summed E-state index contributed by atoms with van der Waals surface area (Å²) in [5.74, 6) is 0. The van der Waals surface area contributed by atoms with Gasteiger partial charge in [0, 0.05) is 6.07 Å². The van der Waals surface area contributed by atoms with Crippen molar-refractivity contribution in [2.24, 2.45) is 0 Å². The lowest BCUT2D eigenvalue weighted by atomic mass is 10.1. The molecule has 7 heteroatoms. The van der Waals surface area contributed by atoms with E-state index in [-0.39, 0.29) is 5.69 Å². The molecule has 0 aliphatic carbocycles. The highest BCUT2D eigenvalue weighted by atomic mass is 35.5. The van der Waals surface area contributed by atoms with E-state index in [9.17, 15) is 10.1 Å². The number of nitro benzene ring substituents is 1. The molecule has 0 amide bonds. The summed E-state index contributed by atoms with van der Waals surface area (Å²) in [6.45, 7) is 1.67. The molecule has 0 aromatic heterocycles. The zero-order valence-electron chi connectivity index (χ0n) is 11.1. The van der Waals surface area contributed by atoms with E-state index < -0.39 is 4.92 Å². The van der Waals surface area contributed by atoms with Gasteiger partial charge in [0.1, 0.15) is 0 Å². The quantitative estimate of drug-likeness (QED) is 0.499. The van der Waals surface area contributed by atoms with Crippen LogP contribution in [-0.4, -0.2) is 10.0 Å². The number of nitrogens with zero attached hydrogens (tertiary/aromatic N) is 1. The van der Waals surface area contributed by atoms with Crippen LogP contribution >= 0.6 is 23.8 Å². The zero-order valence-corrected chi connectivity index (χ0v) is 12.7. The fourth-order valence-electron chi connectivity index (χ4n) is 1.80. The first kappa shape index (κ1) is 15.2. The summed E-state index contributed by atoms with van der Waals surface area (Å²) in [7, 11) is 0. The second-order valence-electron chi connectivity index (χ2n) is 4.27. The first-order chi connectivity index (χ1) is 9.99. The average Bonchev–Trinajstić information content (AvgIpc) is 2.43. The maximum atomic E-state index is 10.9. The molecule has 0 aliphatic heterocycles. The number of benzene rings is 2. The molecule has 0 unspecified atom stereocenters. The molecule has 0 radical (unpaired) electrons. The van der Waals surface area contributed by atoms with Crippen LogP contribution in [0.5, 0.6) is 0 Å². The predicted molar refractivity (Wildman–Crippen MR) is 89.1 cm³/mol. The van der Waals surface area contributed by atoms with Crippen molar-refractivity contribution in [3.05, 3.63) is 63.2 Å². The van der Waals surface area contributed by atoms with Crippen molar-refractivity contribution in [3.63, 3.8) is 0 Å². The van der Waals surface area contributed by atoms with E-state index in [0.29, 0.717) is 27.1 Å². The molecule has 0 bridgehead atoms. The molecule has 108 valence electrons. The number of hydrogen-bond donors (Lipinski definition) is 2. The molecule has 5 nitrogen and oxygen atoms in total. The molecular formula is C14H12ClN3O2S. The van der Waals surface area contributed by atoms with Gasteiger partial charge in [-0.15, -0.1) is 0 Å². The number of nitro groups is 1. The molecule has 0 aliphatic rings. The van der Waals surface area contributed by atoms with Crippen molar-refractivity contribution >= 4 is 46.0 Å². The van der Waals surface area contributed by atoms with Gasteiger partial charge in [-0.3, -0.25) is 10.1 Å². The number of rotatable bonds is 3. The van der Waals surface area contributed by atoms with Crippen LogP contribution in [0.3, 0.4) is 0 Å². The van der Waals surface area contributed by atoms with Crippen molar-refractivity contribution in [2.75, 3.05) is 10.6 Å². The summed E-state index contributed by atoms with van der Waals surface area (Å²) >= 11 is 11.2. The van der Waals surface area contributed by atoms with Crippen LogP contribution in [0.25, 0.3) is 0 Å². The summed E-state index contributed by atoms with van der Waals surface area (Å²) in [6.07, 6.45) is 0. The van der Waals surface area contributed by atoms with E-state index in [1.165, 1.54) is 6.07 Å². The molecule has 2 aromatic carbocycles. The Morgan fingerprint density at radius 2 is 1.76 bits per heavy atom. The summed E-state index contributed by atoms with van der Waals surface area (Å²) in [6, 6.07) is 11.9. The van der Waals surface area contributed by atoms with Crippen LogP contribution < -0.4 is 10.6 Å². The number of hydrogen-bond acceptors (Lipinski definition) is 3. The molecule has 0 saturated heterocycles. The van der Waals surface area contributed by atoms with Crippen molar-refractivity contribution in [3.8, 4) is 0 Å². The lowest BCUT2D eigenvalue weighted by Gasteiger charge is -2.13. The van der Waals surface area contributed by atoms with E-state index in [2.05, 4.69) is 10.6 Å². The Morgan fingerprint density at radius 1 is 1.14 bits per heavy atom. The van der Waals surface area contributed by atoms with Crippen molar-refractivity contribution < 1.29 is 4.92 Å².